The van der Waals surface area contributed by atoms with E-state index in [1.165, 1.54) is 12.1 Å². The molecule has 6 nitrogen and oxygen atoms in total. The molecule has 1 heterocycles. The molecule has 25 heavy (non-hydrogen) atoms. The Morgan fingerprint density at radius 2 is 1.68 bits per heavy atom. The third-order valence-electron chi connectivity index (χ3n) is 4.61. The highest BCUT2D eigenvalue weighted by atomic mass is 32.1. The Labute approximate surface area is 152 Å². The van der Waals surface area contributed by atoms with Gasteiger partial charge in [0.15, 0.2) is 0 Å². The van der Waals surface area contributed by atoms with Crippen molar-refractivity contribution < 1.29 is 29.1 Å². The van der Waals surface area contributed by atoms with Crippen molar-refractivity contribution in [2.45, 2.75) is 38.9 Å². The predicted octanol–water partition coefficient (Wildman–Crippen LogP) is 3.03. The van der Waals surface area contributed by atoms with Crippen LogP contribution in [-0.2, 0) is 9.31 Å². The second kappa shape index (κ2) is 6.86. The highest BCUT2D eigenvalue weighted by Crippen LogP contribution is 2.39. The van der Waals surface area contributed by atoms with Crippen molar-refractivity contribution in [3.05, 3.63) is 40.4 Å². The first-order valence-corrected chi connectivity index (χ1v) is 8.39. The normalized spacial score (nSPS) is 19.1. The van der Waals surface area contributed by atoms with Crippen LogP contribution in [0.5, 0.6) is 0 Å². The molecule has 1 aliphatic heterocycles. The smallest absolute Gasteiger partial charge is 0.478 e. The summed E-state index contributed by atoms with van der Waals surface area (Å²) in [5, 5.41) is 18.4. The lowest BCUT2D eigenvalue weighted by atomic mass is 9.78. The number of aromatic carboxylic acids is 2. The molecule has 1 aromatic carbocycles. The molecular formula is C17H21BO6S. The number of carbonyl (C=O) groups is 2. The van der Waals surface area contributed by atoms with Crippen molar-refractivity contribution in [1.29, 1.82) is 0 Å². The van der Waals surface area contributed by atoms with Gasteiger partial charge in [-0.25, -0.2) is 9.59 Å². The molecule has 0 aromatic heterocycles. The Kier molecular flexibility index (Phi) is 5.37. The summed E-state index contributed by atoms with van der Waals surface area (Å²) in [5.41, 5.74) is -0.206. The van der Waals surface area contributed by atoms with E-state index in [1.54, 1.807) is 6.08 Å². The fraction of sp³-hybridized carbons (Fsp3) is 0.412. The van der Waals surface area contributed by atoms with Crippen LogP contribution in [0.4, 0.5) is 0 Å². The summed E-state index contributed by atoms with van der Waals surface area (Å²) in [6.45, 7) is 7.70. The van der Waals surface area contributed by atoms with E-state index in [9.17, 15) is 14.7 Å². The first-order valence-electron chi connectivity index (χ1n) is 7.76. The maximum absolute atomic E-state index is 11.5. The van der Waals surface area contributed by atoms with Crippen LogP contribution in [0.3, 0.4) is 0 Å². The molecule has 0 unspecified atom stereocenters. The first-order chi connectivity index (χ1) is 11.5. The van der Waals surface area contributed by atoms with Gasteiger partial charge in [-0.3, -0.25) is 0 Å². The molecule has 0 atom stereocenters. The van der Waals surface area contributed by atoms with Crippen LogP contribution in [0.15, 0.2) is 23.7 Å². The minimum Gasteiger partial charge on any atom is -0.478 e. The summed E-state index contributed by atoms with van der Waals surface area (Å²) in [4.78, 5) is 22.5. The van der Waals surface area contributed by atoms with Crippen LogP contribution in [0.2, 0.25) is 0 Å². The number of hydrogen-bond donors (Lipinski definition) is 3. The maximum atomic E-state index is 11.5. The zero-order valence-electron chi connectivity index (χ0n) is 14.6. The van der Waals surface area contributed by atoms with Gasteiger partial charge in [-0.15, -0.1) is 0 Å². The molecule has 0 radical (unpaired) electrons. The van der Waals surface area contributed by atoms with Crippen LogP contribution in [0.25, 0.3) is 6.08 Å². The molecule has 1 aliphatic rings. The van der Waals surface area contributed by atoms with Crippen LogP contribution >= 0.6 is 12.6 Å². The molecule has 8 heteroatoms. The Morgan fingerprint density at radius 3 is 2.12 bits per heavy atom. The van der Waals surface area contributed by atoms with Gasteiger partial charge in [-0.05, 0) is 50.9 Å². The number of thiol groups is 1. The zero-order chi connectivity index (χ0) is 19.0. The third-order valence-corrected chi connectivity index (χ3v) is 4.98. The van der Waals surface area contributed by atoms with Gasteiger partial charge in [-0.2, -0.15) is 12.6 Å². The van der Waals surface area contributed by atoms with E-state index >= 15 is 0 Å². The second-order valence-electron chi connectivity index (χ2n) is 6.88. The molecule has 0 bridgehead atoms. The van der Waals surface area contributed by atoms with Crippen LogP contribution in [-0.4, -0.2) is 46.2 Å². The highest BCUT2D eigenvalue weighted by Gasteiger charge is 2.52. The van der Waals surface area contributed by atoms with E-state index in [0.29, 0.717) is 16.8 Å². The lowest BCUT2D eigenvalue weighted by Gasteiger charge is -2.32. The largest absolute Gasteiger partial charge is 0.491 e. The summed E-state index contributed by atoms with van der Waals surface area (Å²) in [6.07, 6.45) is 1.63. The topological polar surface area (TPSA) is 93.1 Å². The average molecular weight is 364 g/mol. The Morgan fingerprint density at radius 1 is 1.12 bits per heavy atom. The minimum absolute atomic E-state index is 0.0855. The highest BCUT2D eigenvalue weighted by molar-refractivity contribution is 7.80. The number of carboxylic acid groups (broad SMARTS) is 2. The summed E-state index contributed by atoms with van der Waals surface area (Å²) >= 11 is 4.30. The van der Waals surface area contributed by atoms with E-state index in [0.717, 1.165) is 6.07 Å². The summed E-state index contributed by atoms with van der Waals surface area (Å²) < 4.78 is 11.9. The van der Waals surface area contributed by atoms with Crippen molar-refractivity contribution in [1.82, 2.24) is 0 Å². The zero-order valence-corrected chi connectivity index (χ0v) is 15.5. The monoisotopic (exact) mass is 364 g/mol. The molecule has 0 aliphatic carbocycles. The molecule has 134 valence electrons. The Bertz CT molecular complexity index is 725. The third kappa shape index (κ3) is 3.91. The van der Waals surface area contributed by atoms with Gasteiger partial charge in [0.05, 0.1) is 22.3 Å². The molecule has 1 fully saturated rings. The van der Waals surface area contributed by atoms with E-state index in [-0.39, 0.29) is 11.1 Å². The van der Waals surface area contributed by atoms with E-state index in [2.05, 4.69) is 12.6 Å². The summed E-state index contributed by atoms with van der Waals surface area (Å²) in [5.74, 6) is -2.09. The van der Waals surface area contributed by atoms with Gasteiger partial charge in [0.1, 0.15) is 0 Å². The molecule has 0 saturated carbocycles. The van der Waals surface area contributed by atoms with Gasteiger partial charge >= 0.3 is 19.1 Å². The lowest BCUT2D eigenvalue weighted by molar-refractivity contribution is 0.00578. The van der Waals surface area contributed by atoms with Crippen molar-refractivity contribution >= 4 is 37.8 Å². The van der Waals surface area contributed by atoms with E-state index in [1.807, 2.05) is 27.7 Å². The van der Waals surface area contributed by atoms with Crippen molar-refractivity contribution in [2.75, 3.05) is 5.75 Å². The number of benzene rings is 1. The molecule has 1 saturated heterocycles. The summed E-state index contributed by atoms with van der Waals surface area (Å²) in [7, 11) is -0.650. The molecule has 0 amide bonds. The first kappa shape index (κ1) is 19.6. The van der Waals surface area contributed by atoms with Crippen LogP contribution in [0.1, 0.15) is 54.0 Å². The van der Waals surface area contributed by atoms with Gasteiger partial charge in [0.25, 0.3) is 0 Å². The van der Waals surface area contributed by atoms with Gasteiger partial charge in [0.2, 0.25) is 0 Å². The lowest BCUT2D eigenvalue weighted by Crippen LogP contribution is -2.41. The molecular weight excluding hydrogens is 343 g/mol. The van der Waals surface area contributed by atoms with Crippen molar-refractivity contribution in [3.8, 4) is 0 Å². The molecule has 1 aromatic rings. The van der Waals surface area contributed by atoms with Gasteiger partial charge in [-0.1, -0.05) is 12.1 Å². The number of rotatable bonds is 5. The number of carboxylic acids is 2. The standard InChI is InChI=1S/C17H21BO6S/c1-16(2)17(3,4)24-18(23-16)12(9-25)7-10-5-6-11(14(19)20)8-13(10)15(21)22/h5-8,25H,9H2,1-4H3,(H,19,20)(H,21,22). The van der Waals surface area contributed by atoms with Crippen molar-refractivity contribution in [3.63, 3.8) is 0 Å². The fourth-order valence-corrected chi connectivity index (χ4v) is 2.62. The molecule has 2 N–H and O–H groups in total. The molecule has 2 rings (SSSR count). The van der Waals surface area contributed by atoms with E-state index in [4.69, 9.17) is 14.4 Å². The fourth-order valence-electron chi connectivity index (χ4n) is 2.38. The van der Waals surface area contributed by atoms with Crippen LogP contribution in [0, 0.1) is 0 Å². The quantitative estimate of drug-likeness (QED) is 0.549. The maximum Gasteiger partial charge on any atom is 0.491 e. The van der Waals surface area contributed by atoms with Gasteiger partial charge < -0.3 is 19.5 Å². The minimum atomic E-state index is -1.21. The number of hydrogen-bond acceptors (Lipinski definition) is 5. The summed E-state index contributed by atoms with van der Waals surface area (Å²) in [6, 6.07) is 3.96. The predicted molar refractivity (Wildman–Crippen MR) is 98.3 cm³/mol. The van der Waals surface area contributed by atoms with Crippen molar-refractivity contribution in [2.24, 2.45) is 0 Å². The van der Waals surface area contributed by atoms with Gasteiger partial charge in [0, 0.05) is 5.75 Å². The molecule has 0 spiro atoms. The average Bonchev–Trinajstić information content (AvgIpc) is 2.72. The Balaban J connectivity index is 2.44. The van der Waals surface area contributed by atoms with E-state index < -0.39 is 30.3 Å². The Hall–Kier alpha value is -1.77. The van der Waals surface area contributed by atoms with Crippen LogP contribution < -0.4 is 0 Å². The SMILES string of the molecule is CC1(C)OB(C(=Cc2ccc(C(=O)O)cc2C(=O)O)CS)OC1(C)C. The second-order valence-corrected chi connectivity index (χ2v) is 7.19.